The number of hydrogen-bond donors (Lipinski definition) is 2. The summed E-state index contributed by atoms with van der Waals surface area (Å²) < 4.78 is 0. The Morgan fingerprint density at radius 2 is 2.14 bits per heavy atom. The molecule has 2 rings (SSSR count). The lowest BCUT2D eigenvalue weighted by molar-refractivity contribution is 0.181. The van der Waals surface area contributed by atoms with Crippen LogP contribution >= 0.6 is 0 Å². The van der Waals surface area contributed by atoms with Crippen molar-refractivity contribution in [1.82, 2.24) is 0 Å². The molecule has 76 valence electrons. The molecule has 2 nitrogen and oxygen atoms in total. The maximum absolute atomic E-state index is 9.44. The molecule has 0 amide bonds. The molecule has 1 aromatic carbocycles. The van der Waals surface area contributed by atoms with E-state index >= 15 is 0 Å². The van der Waals surface area contributed by atoms with Crippen LogP contribution in [0.5, 0.6) is 0 Å². The first-order valence-corrected chi connectivity index (χ1v) is 5.17. The number of aliphatic hydroxyl groups excluding tert-OH is 2. The summed E-state index contributed by atoms with van der Waals surface area (Å²) in [5.74, 6) is 0.483. The third kappa shape index (κ3) is 1.97. The van der Waals surface area contributed by atoms with Crippen molar-refractivity contribution in [1.29, 1.82) is 0 Å². The number of aliphatic hydroxyl groups is 2. The van der Waals surface area contributed by atoms with Gasteiger partial charge < -0.3 is 10.2 Å². The van der Waals surface area contributed by atoms with Gasteiger partial charge >= 0.3 is 0 Å². The summed E-state index contributed by atoms with van der Waals surface area (Å²) in [5, 5.41) is 18.4. The summed E-state index contributed by atoms with van der Waals surface area (Å²) in [7, 11) is 0. The van der Waals surface area contributed by atoms with Gasteiger partial charge in [0.1, 0.15) is 0 Å². The van der Waals surface area contributed by atoms with Gasteiger partial charge in [0.2, 0.25) is 0 Å². The van der Waals surface area contributed by atoms with Crippen LogP contribution < -0.4 is 0 Å². The average molecular weight is 192 g/mol. The topological polar surface area (TPSA) is 40.5 Å². The Morgan fingerprint density at radius 1 is 1.29 bits per heavy atom. The zero-order valence-corrected chi connectivity index (χ0v) is 8.19. The molecular formula is C12H16O2. The van der Waals surface area contributed by atoms with Crippen molar-refractivity contribution in [3.05, 3.63) is 35.4 Å². The van der Waals surface area contributed by atoms with E-state index in [1.165, 1.54) is 5.56 Å². The molecule has 0 aliphatic heterocycles. The van der Waals surface area contributed by atoms with Crippen LogP contribution in [0.3, 0.4) is 0 Å². The summed E-state index contributed by atoms with van der Waals surface area (Å²) in [6.07, 6.45) is 2.72. The molecule has 2 heteroatoms. The normalized spacial score (nSPS) is 26.7. The third-order valence-corrected chi connectivity index (χ3v) is 3.01. The first-order chi connectivity index (χ1) is 6.79. The maximum Gasteiger partial charge on any atom is 0.0681 e. The molecule has 0 radical (unpaired) electrons. The van der Waals surface area contributed by atoms with Crippen LogP contribution in [0.1, 0.15) is 36.3 Å². The molecule has 0 saturated heterocycles. The predicted molar refractivity (Wildman–Crippen MR) is 55.0 cm³/mol. The highest BCUT2D eigenvalue weighted by molar-refractivity contribution is 5.26. The predicted octanol–water partition coefficient (Wildman–Crippen LogP) is 1.81. The minimum absolute atomic E-state index is 0.100. The van der Waals surface area contributed by atoms with E-state index in [9.17, 15) is 5.11 Å². The van der Waals surface area contributed by atoms with E-state index in [4.69, 9.17) is 5.11 Å². The van der Waals surface area contributed by atoms with Gasteiger partial charge in [-0.15, -0.1) is 0 Å². The first-order valence-electron chi connectivity index (χ1n) is 5.17. The Morgan fingerprint density at radius 3 is 2.79 bits per heavy atom. The number of hydrogen-bond acceptors (Lipinski definition) is 2. The van der Waals surface area contributed by atoms with Gasteiger partial charge in [0.05, 0.1) is 12.7 Å². The Balaban J connectivity index is 2.15. The highest BCUT2D eigenvalue weighted by Crippen LogP contribution is 2.34. The quantitative estimate of drug-likeness (QED) is 0.750. The molecule has 2 atom stereocenters. The van der Waals surface area contributed by atoms with Gasteiger partial charge in [-0.2, -0.15) is 0 Å². The maximum atomic E-state index is 9.44. The smallest absolute Gasteiger partial charge is 0.0681 e. The standard InChI is InChI=1S/C12H16O2/c13-8-9-2-1-3-10(6-9)11-4-5-12(14)7-11/h1-3,6,11-14H,4-5,7-8H2. The van der Waals surface area contributed by atoms with E-state index in [0.717, 1.165) is 24.8 Å². The van der Waals surface area contributed by atoms with Crippen LogP contribution in [0.2, 0.25) is 0 Å². The second kappa shape index (κ2) is 4.11. The minimum atomic E-state index is -0.127. The van der Waals surface area contributed by atoms with Crippen molar-refractivity contribution in [3.8, 4) is 0 Å². The summed E-state index contributed by atoms with van der Waals surface area (Å²) in [6, 6.07) is 8.03. The van der Waals surface area contributed by atoms with Gasteiger partial charge in [-0.05, 0) is 36.3 Å². The summed E-state index contributed by atoms with van der Waals surface area (Å²) >= 11 is 0. The zero-order valence-electron chi connectivity index (χ0n) is 8.19. The monoisotopic (exact) mass is 192 g/mol. The van der Waals surface area contributed by atoms with Crippen LogP contribution in [0.25, 0.3) is 0 Å². The van der Waals surface area contributed by atoms with Gasteiger partial charge in [-0.3, -0.25) is 0 Å². The molecule has 1 aliphatic rings. The average Bonchev–Trinajstić information content (AvgIpc) is 2.65. The second-order valence-electron chi connectivity index (χ2n) is 4.07. The van der Waals surface area contributed by atoms with Gasteiger partial charge in [-0.25, -0.2) is 0 Å². The van der Waals surface area contributed by atoms with Crippen LogP contribution in [-0.4, -0.2) is 16.3 Å². The molecule has 2 unspecified atom stereocenters. The van der Waals surface area contributed by atoms with E-state index in [-0.39, 0.29) is 12.7 Å². The van der Waals surface area contributed by atoms with Crippen LogP contribution in [0, 0.1) is 0 Å². The van der Waals surface area contributed by atoms with E-state index in [2.05, 4.69) is 6.07 Å². The molecule has 1 aromatic rings. The molecule has 0 aromatic heterocycles. The largest absolute Gasteiger partial charge is 0.393 e. The fraction of sp³-hybridized carbons (Fsp3) is 0.500. The molecule has 1 saturated carbocycles. The zero-order chi connectivity index (χ0) is 9.97. The molecule has 2 N–H and O–H groups in total. The van der Waals surface area contributed by atoms with Crippen LogP contribution in [0.15, 0.2) is 24.3 Å². The van der Waals surface area contributed by atoms with Crippen molar-refractivity contribution in [2.24, 2.45) is 0 Å². The second-order valence-corrected chi connectivity index (χ2v) is 4.07. The Bertz CT molecular complexity index is 309. The summed E-state index contributed by atoms with van der Waals surface area (Å²) in [6.45, 7) is 0.100. The van der Waals surface area contributed by atoms with Gasteiger partial charge in [-0.1, -0.05) is 24.3 Å². The fourth-order valence-corrected chi connectivity index (χ4v) is 2.21. The Kier molecular flexibility index (Phi) is 2.85. The highest BCUT2D eigenvalue weighted by atomic mass is 16.3. The van der Waals surface area contributed by atoms with Gasteiger partial charge in [0.15, 0.2) is 0 Å². The van der Waals surface area contributed by atoms with Crippen LogP contribution in [0.4, 0.5) is 0 Å². The highest BCUT2D eigenvalue weighted by Gasteiger charge is 2.23. The first kappa shape index (κ1) is 9.69. The minimum Gasteiger partial charge on any atom is -0.393 e. The summed E-state index contributed by atoms with van der Waals surface area (Å²) in [4.78, 5) is 0. The molecule has 1 aliphatic carbocycles. The molecule has 0 spiro atoms. The van der Waals surface area contributed by atoms with Crippen molar-refractivity contribution < 1.29 is 10.2 Å². The Hall–Kier alpha value is -0.860. The number of rotatable bonds is 2. The fourth-order valence-electron chi connectivity index (χ4n) is 2.21. The van der Waals surface area contributed by atoms with Crippen molar-refractivity contribution >= 4 is 0 Å². The molecular weight excluding hydrogens is 176 g/mol. The Labute approximate surface area is 84.2 Å². The van der Waals surface area contributed by atoms with Crippen molar-refractivity contribution in [3.63, 3.8) is 0 Å². The molecule has 0 bridgehead atoms. The third-order valence-electron chi connectivity index (χ3n) is 3.01. The van der Waals surface area contributed by atoms with Gasteiger partial charge in [0, 0.05) is 0 Å². The van der Waals surface area contributed by atoms with E-state index in [1.807, 2.05) is 18.2 Å². The van der Waals surface area contributed by atoms with E-state index < -0.39 is 0 Å². The van der Waals surface area contributed by atoms with E-state index in [1.54, 1.807) is 0 Å². The van der Waals surface area contributed by atoms with Gasteiger partial charge in [0.25, 0.3) is 0 Å². The molecule has 14 heavy (non-hydrogen) atoms. The lowest BCUT2D eigenvalue weighted by Crippen LogP contribution is -1.99. The lowest BCUT2D eigenvalue weighted by Gasteiger charge is -2.10. The van der Waals surface area contributed by atoms with Crippen molar-refractivity contribution in [2.75, 3.05) is 0 Å². The molecule has 0 heterocycles. The number of benzene rings is 1. The summed E-state index contributed by atoms with van der Waals surface area (Å²) in [5.41, 5.74) is 2.22. The SMILES string of the molecule is OCc1cccc(C2CCC(O)C2)c1. The van der Waals surface area contributed by atoms with Crippen molar-refractivity contribution in [2.45, 2.75) is 37.9 Å². The van der Waals surface area contributed by atoms with Crippen LogP contribution in [-0.2, 0) is 6.61 Å². The lowest BCUT2D eigenvalue weighted by atomic mass is 9.96. The van der Waals surface area contributed by atoms with E-state index in [0.29, 0.717) is 5.92 Å². The molecule has 1 fully saturated rings.